The molecule has 10 heteroatoms. The molecule has 0 aromatic carbocycles. The second-order valence-electron chi connectivity index (χ2n) is 2.48. The van der Waals surface area contributed by atoms with Crippen molar-refractivity contribution in [1.82, 2.24) is 12.3 Å². The van der Waals surface area contributed by atoms with Crippen molar-refractivity contribution in [2.45, 2.75) is 18.4 Å². The van der Waals surface area contributed by atoms with Crippen molar-refractivity contribution in [3.05, 3.63) is 0 Å². The Morgan fingerprint density at radius 3 is 1.25 bits per heavy atom. The molecule has 0 rings (SSSR count). The molecule has 2 radical (unpaired) electrons. The lowest BCUT2D eigenvalue weighted by molar-refractivity contribution is -0.170. The maximum absolute atomic E-state index is 10.3. The normalized spacial score (nSPS) is 8.81. The monoisotopic (exact) mass is 250 g/mol. The summed E-state index contributed by atoms with van der Waals surface area (Å²) in [4.78, 5) is 30.5. The molecule has 0 aromatic heterocycles. The maximum Gasteiger partial charge on any atom is 0.336 e. The number of carbonyl (C=O) groups is 3. The molecule has 0 atom stereocenters. The Morgan fingerprint density at radius 1 is 0.875 bits per heavy atom. The molecular formula is C6H14MgN2O7. The van der Waals surface area contributed by atoms with Gasteiger partial charge in [0.25, 0.3) is 0 Å². The lowest BCUT2D eigenvalue weighted by Crippen LogP contribution is -2.42. The first-order valence-corrected chi connectivity index (χ1v) is 3.17. The van der Waals surface area contributed by atoms with Crippen LogP contribution in [0.4, 0.5) is 0 Å². The third-order valence-electron chi connectivity index (χ3n) is 1.29. The van der Waals surface area contributed by atoms with Crippen molar-refractivity contribution >= 4 is 41.0 Å². The molecule has 92 valence electrons. The van der Waals surface area contributed by atoms with E-state index in [0.29, 0.717) is 0 Å². The molecule has 0 amide bonds. The first-order chi connectivity index (χ1) is 5.78. The summed E-state index contributed by atoms with van der Waals surface area (Å²) in [5, 5.41) is 33.8. The van der Waals surface area contributed by atoms with Crippen LogP contribution in [0.15, 0.2) is 0 Å². The van der Waals surface area contributed by atoms with E-state index < -0.39 is 36.4 Å². The van der Waals surface area contributed by atoms with E-state index in [2.05, 4.69) is 0 Å². The fourth-order valence-electron chi connectivity index (χ4n) is 0.714. The third-order valence-corrected chi connectivity index (χ3v) is 1.29. The third kappa shape index (κ3) is 8.37. The van der Waals surface area contributed by atoms with Gasteiger partial charge < -0.3 is 32.7 Å². The largest absolute Gasteiger partial charge is 0.481 e. The predicted molar refractivity (Wildman–Crippen MR) is 52.9 cm³/mol. The van der Waals surface area contributed by atoms with E-state index in [9.17, 15) is 14.4 Å². The molecule has 0 aromatic rings. The summed E-state index contributed by atoms with van der Waals surface area (Å²) in [6.07, 6.45) is -2.29. The van der Waals surface area contributed by atoms with E-state index in [1.165, 1.54) is 0 Å². The van der Waals surface area contributed by atoms with E-state index in [1.54, 1.807) is 0 Å². The van der Waals surface area contributed by atoms with E-state index >= 15 is 0 Å². The summed E-state index contributed by atoms with van der Waals surface area (Å²) in [5.74, 6) is -5.02. The molecule has 0 heterocycles. The van der Waals surface area contributed by atoms with Crippen LogP contribution in [0.5, 0.6) is 0 Å². The minimum atomic E-state index is -2.74. The van der Waals surface area contributed by atoms with Crippen LogP contribution in [0, 0.1) is 0 Å². The van der Waals surface area contributed by atoms with Crippen molar-refractivity contribution in [3.63, 3.8) is 0 Å². The summed E-state index contributed by atoms with van der Waals surface area (Å²) in [6.45, 7) is 0. The lowest BCUT2D eigenvalue weighted by Gasteiger charge is -2.18. The Balaban J connectivity index is -0.000000240. The molecular weight excluding hydrogens is 236 g/mol. The number of aliphatic hydroxyl groups is 1. The van der Waals surface area contributed by atoms with Crippen LogP contribution in [0.2, 0.25) is 0 Å². The van der Waals surface area contributed by atoms with Gasteiger partial charge in [0.05, 0.1) is 12.8 Å². The molecule has 0 aliphatic rings. The van der Waals surface area contributed by atoms with Gasteiger partial charge in [0, 0.05) is 23.1 Å². The molecule has 0 fully saturated rings. The topological polar surface area (TPSA) is 202 Å². The summed E-state index contributed by atoms with van der Waals surface area (Å²) < 4.78 is 0. The number of carboxylic acids is 3. The Hall–Kier alpha value is -0.944. The summed E-state index contributed by atoms with van der Waals surface area (Å²) in [6, 6.07) is 0. The van der Waals surface area contributed by atoms with Gasteiger partial charge in [-0.1, -0.05) is 0 Å². The van der Waals surface area contributed by atoms with Crippen molar-refractivity contribution in [2.75, 3.05) is 0 Å². The highest BCUT2D eigenvalue weighted by Crippen LogP contribution is 2.15. The molecule has 0 saturated heterocycles. The van der Waals surface area contributed by atoms with E-state index in [0.717, 1.165) is 0 Å². The SMILES string of the molecule is N.N.O=C(O)CC(O)(CC(=O)O)C(=O)O.[Mg]. The Morgan fingerprint density at radius 2 is 1.12 bits per heavy atom. The van der Waals surface area contributed by atoms with Gasteiger partial charge in [-0.05, 0) is 0 Å². The fraction of sp³-hybridized carbons (Fsp3) is 0.500. The van der Waals surface area contributed by atoms with Crippen molar-refractivity contribution in [3.8, 4) is 0 Å². The standard InChI is InChI=1S/C6H8O7.Mg.2H3N/c7-3(8)1-6(13,5(11)12)2-4(9)10;;;/h13H,1-2H2,(H,7,8)(H,9,10)(H,11,12);;2*1H3. The number of hydrogen-bond donors (Lipinski definition) is 6. The summed E-state index contributed by atoms with van der Waals surface area (Å²) in [5.41, 5.74) is -2.74. The number of hydrogen-bond acceptors (Lipinski definition) is 6. The summed E-state index contributed by atoms with van der Waals surface area (Å²) >= 11 is 0. The van der Waals surface area contributed by atoms with Gasteiger partial charge in [-0.25, -0.2) is 4.79 Å². The first-order valence-electron chi connectivity index (χ1n) is 3.17. The number of aliphatic carboxylic acids is 3. The van der Waals surface area contributed by atoms with E-state index in [4.69, 9.17) is 20.4 Å². The van der Waals surface area contributed by atoms with Crippen LogP contribution in [-0.2, 0) is 14.4 Å². The highest BCUT2D eigenvalue weighted by atomic mass is 24.3. The fourth-order valence-corrected chi connectivity index (χ4v) is 0.714. The molecule has 9 nitrogen and oxygen atoms in total. The summed E-state index contributed by atoms with van der Waals surface area (Å²) in [7, 11) is 0. The predicted octanol–water partition coefficient (Wildman–Crippen LogP) is -1.31. The number of rotatable bonds is 5. The van der Waals surface area contributed by atoms with E-state index in [1.807, 2.05) is 0 Å². The first kappa shape index (κ1) is 24.3. The molecule has 0 saturated carbocycles. The van der Waals surface area contributed by atoms with Crippen LogP contribution in [0.25, 0.3) is 0 Å². The van der Waals surface area contributed by atoms with Crippen LogP contribution in [-0.4, -0.2) is 67.0 Å². The molecule has 10 N–H and O–H groups in total. The minimum absolute atomic E-state index is 0. The Labute approximate surface area is 107 Å². The maximum atomic E-state index is 10.3. The second-order valence-corrected chi connectivity index (χ2v) is 2.48. The van der Waals surface area contributed by atoms with Gasteiger partial charge in [-0.15, -0.1) is 0 Å². The Kier molecular flexibility index (Phi) is 14.1. The van der Waals surface area contributed by atoms with Gasteiger partial charge in [-0.3, -0.25) is 9.59 Å². The molecule has 0 bridgehead atoms. The van der Waals surface area contributed by atoms with Gasteiger partial charge in [0.2, 0.25) is 0 Å². The van der Waals surface area contributed by atoms with Crippen molar-refractivity contribution in [2.24, 2.45) is 0 Å². The lowest BCUT2D eigenvalue weighted by atomic mass is 9.96. The molecule has 0 aliphatic heterocycles. The zero-order valence-electron chi connectivity index (χ0n) is 8.55. The molecule has 0 unspecified atom stereocenters. The Bertz CT molecular complexity index is 241. The van der Waals surface area contributed by atoms with Crippen LogP contribution < -0.4 is 12.3 Å². The number of carboxylic acid groups (broad SMARTS) is 3. The zero-order valence-corrected chi connectivity index (χ0v) is 9.96. The average Bonchev–Trinajstić information content (AvgIpc) is 1.82. The highest BCUT2D eigenvalue weighted by molar-refractivity contribution is 5.88. The van der Waals surface area contributed by atoms with Crippen LogP contribution in [0.3, 0.4) is 0 Å². The second kappa shape index (κ2) is 9.29. The van der Waals surface area contributed by atoms with Gasteiger partial charge in [-0.2, -0.15) is 0 Å². The van der Waals surface area contributed by atoms with Crippen molar-refractivity contribution < 1.29 is 34.8 Å². The quantitative estimate of drug-likeness (QED) is 0.320. The van der Waals surface area contributed by atoms with Crippen LogP contribution in [0.1, 0.15) is 12.8 Å². The van der Waals surface area contributed by atoms with Gasteiger partial charge >= 0.3 is 17.9 Å². The highest BCUT2D eigenvalue weighted by Gasteiger charge is 2.40. The molecule has 0 aliphatic carbocycles. The average molecular weight is 250 g/mol. The van der Waals surface area contributed by atoms with E-state index in [-0.39, 0.29) is 35.4 Å². The molecule has 0 spiro atoms. The minimum Gasteiger partial charge on any atom is -0.481 e. The van der Waals surface area contributed by atoms with Crippen molar-refractivity contribution in [1.29, 1.82) is 0 Å². The van der Waals surface area contributed by atoms with Gasteiger partial charge in [0.1, 0.15) is 0 Å². The van der Waals surface area contributed by atoms with Gasteiger partial charge in [0.15, 0.2) is 5.60 Å². The zero-order chi connectivity index (χ0) is 10.6. The molecule has 16 heavy (non-hydrogen) atoms. The van der Waals surface area contributed by atoms with Crippen LogP contribution >= 0.6 is 0 Å². The smallest absolute Gasteiger partial charge is 0.336 e.